The summed E-state index contributed by atoms with van der Waals surface area (Å²) < 4.78 is 4.83. The Balaban J connectivity index is 2.58. The lowest BCUT2D eigenvalue weighted by Crippen LogP contribution is -2.45. The van der Waals surface area contributed by atoms with Gasteiger partial charge in [0.05, 0.1) is 18.0 Å². The summed E-state index contributed by atoms with van der Waals surface area (Å²) in [6.07, 6.45) is 1.62. The van der Waals surface area contributed by atoms with Gasteiger partial charge in [0.25, 0.3) is 5.91 Å². The summed E-state index contributed by atoms with van der Waals surface area (Å²) in [6, 6.07) is -0.680. The molecule has 118 valence electrons. The van der Waals surface area contributed by atoms with E-state index < -0.39 is 11.9 Å². The van der Waals surface area contributed by atoms with Crippen molar-refractivity contribution in [2.24, 2.45) is 0 Å². The van der Waals surface area contributed by atoms with Gasteiger partial charge in [-0.1, -0.05) is 13.3 Å². The SMILES string of the molecule is CCCc1[nH]nc(C(=O)NC(C)C(=O)NCCOC)c1N. The van der Waals surface area contributed by atoms with E-state index in [0.717, 1.165) is 18.5 Å². The van der Waals surface area contributed by atoms with E-state index >= 15 is 0 Å². The van der Waals surface area contributed by atoms with Crippen molar-refractivity contribution in [3.05, 3.63) is 11.4 Å². The maximum Gasteiger partial charge on any atom is 0.274 e. The smallest absolute Gasteiger partial charge is 0.274 e. The summed E-state index contributed by atoms with van der Waals surface area (Å²) in [5, 5.41) is 11.9. The molecule has 0 saturated heterocycles. The Bertz CT molecular complexity index is 486. The van der Waals surface area contributed by atoms with Crippen molar-refractivity contribution in [2.45, 2.75) is 32.7 Å². The second-order valence-corrected chi connectivity index (χ2v) is 4.69. The van der Waals surface area contributed by atoms with Crippen LogP contribution in [0, 0.1) is 0 Å². The number of hydrogen-bond donors (Lipinski definition) is 4. The third-order valence-corrected chi connectivity index (χ3v) is 2.94. The fraction of sp³-hybridized carbons (Fsp3) is 0.615. The number of anilines is 1. The van der Waals surface area contributed by atoms with E-state index in [9.17, 15) is 9.59 Å². The van der Waals surface area contributed by atoms with Crippen LogP contribution in [-0.4, -0.2) is 48.3 Å². The van der Waals surface area contributed by atoms with E-state index in [2.05, 4.69) is 20.8 Å². The molecular formula is C13H23N5O3. The van der Waals surface area contributed by atoms with Gasteiger partial charge in [-0.05, 0) is 13.3 Å². The Morgan fingerprint density at radius 1 is 1.48 bits per heavy atom. The maximum absolute atomic E-state index is 12.0. The lowest BCUT2D eigenvalue weighted by molar-refractivity contribution is -0.122. The van der Waals surface area contributed by atoms with Crippen molar-refractivity contribution in [3.8, 4) is 0 Å². The van der Waals surface area contributed by atoms with Gasteiger partial charge >= 0.3 is 0 Å². The average molecular weight is 297 g/mol. The number of nitrogens with two attached hydrogens (primary N) is 1. The highest BCUT2D eigenvalue weighted by Gasteiger charge is 2.21. The Labute approximate surface area is 123 Å². The Kier molecular flexibility index (Phi) is 6.67. The lowest BCUT2D eigenvalue weighted by Gasteiger charge is -2.13. The molecule has 1 atom stereocenters. The molecule has 0 saturated carbocycles. The van der Waals surface area contributed by atoms with Crippen LogP contribution in [0.25, 0.3) is 0 Å². The highest BCUT2D eigenvalue weighted by molar-refractivity contribution is 6.00. The summed E-state index contributed by atoms with van der Waals surface area (Å²) in [5.41, 5.74) is 7.06. The van der Waals surface area contributed by atoms with E-state index in [4.69, 9.17) is 10.5 Å². The summed E-state index contributed by atoms with van der Waals surface area (Å²) >= 11 is 0. The molecule has 5 N–H and O–H groups in total. The molecule has 0 aliphatic carbocycles. The van der Waals surface area contributed by atoms with Crippen molar-refractivity contribution >= 4 is 17.5 Å². The minimum atomic E-state index is -0.680. The quantitative estimate of drug-likeness (QED) is 0.496. The van der Waals surface area contributed by atoms with E-state index in [1.807, 2.05) is 6.92 Å². The number of aromatic nitrogens is 2. The van der Waals surface area contributed by atoms with E-state index in [0.29, 0.717) is 18.8 Å². The van der Waals surface area contributed by atoms with Gasteiger partial charge in [-0.15, -0.1) is 0 Å². The largest absolute Gasteiger partial charge is 0.395 e. The number of methoxy groups -OCH3 is 1. The molecule has 0 aliphatic heterocycles. The summed E-state index contributed by atoms with van der Waals surface area (Å²) in [7, 11) is 1.55. The zero-order valence-electron chi connectivity index (χ0n) is 12.7. The van der Waals surface area contributed by atoms with Crippen molar-refractivity contribution in [1.82, 2.24) is 20.8 Å². The van der Waals surface area contributed by atoms with Gasteiger partial charge in [-0.3, -0.25) is 14.7 Å². The molecule has 0 radical (unpaired) electrons. The first-order chi connectivity index (χ1) is 10.0. The van der Waals surface area contributed by atoms with Crippen LogP contribution in [-0.2, 0) is 16.0 Å². The molecule has 2 amide bonds. The third-order valence-electron chi connectivity index (χ3n) is 2.94. The van der Waals surface area contributed by atoms with Gasteiger partial charge in [0.15, 0.2) is 5.69 Å². The van der Waals surface area contributed by atoms with Gasteiger partial charge in [-0.2, -0.15) is 5.10 Å². The topological polar surface area (TPSA) is 122 Å². The molecule has 0 spiro atoms. The Hall–Kier alpha value is -2.09. The molecule has 0 aromatic carbocycles. The molecule has 1 aromatic heterocycles. The minimum absolute atomic E-state index is 0.120. The summed E-state index contributed by atoms with van der Waals surface area (Å²) in [4.78, 5) is 23.8. The number of H-pyrrole nitrogens is 1. The summed E-state index contributed by atoms with van der Waals surface area (Å²) in [5.74, 6) is -0.760. The standard InChI is InChI=1S/C13H23N5O3/c1-4-5-9-10(14)11(18-17-9)13(20)16-8(2)12(19)15-6-7-21-3/h8H,4-7,14H2,1-3H3,(H,15,19)(H,16,20)(H,17,18). The monoisotopic (exact) mass is 297 g/mol. The van der Waals surface area contributed by atoms with Crippen molar-refractivity contribution in [2.75, 3.05) is 26.0 Å². The number of amides is 2. The number of carbonyl (C=O) groups excluding carboxylic acids is 2. The van der Waals surface area contributed by atoms with E-state index in [1.54, 1.807) is 14.0 Å². The first-order valence-electron chi connectivity index (χ1n) is 6.91. The average Bonchev–Trinajstić information content (AvgIpc) is 2.81. The highest BCUT2D eigenvalue weighted by Crippen LogP contribution is 2.15. The molecule has 1 unspecified atom stereocenters. The number of hydrogen-bond acceptors (Lipinski definition) is 5. The van der Waals surface area contributed by atoms with Crippen molar-refractivity contribution in [3.63, 3.8) is 0 Å². The number of rotatable bonds is 8. The predicted molar refractivity (Wildman–Crippen MR) is 78.8 cm³/mol. The molecule has 0 aliphatic rings. The first-order valence-corrected chi connectivity index (χ1v) is 6.91. The van der Waals surface area contributed by atoms with E-state index in [1.165, 1.54) is 0 Å². The normalized spacial score (nSPS) is 12.0. The number of ether oxygens (including phenoxy) is 1. The summed E-state index contributed by atoms with van der Waals surface area (Å²) in [6.45, 7) is 4.40. The minimum Gasteiger partial charge on any atom is -0.395 e. The van der Waals surface area contributed by atoms with Gasteiger partial charge in [0.1, 0.15) is 6.04 Å². The van der Waals surface area contributed by atoms with E-state index in [-0.39, 0.29) is 11.6 Å². The van der Waals surface area contributed by atoms with Crippen molar-refractivity contribution < 1.29 is 14.3 Å². The maximum atomic E-state index is 12.0. The van der Waals surface area contributed by atoms with Crippen molar-refractivity contribution in [1.29, 1.82) is 0 Å². The molecule has 1 heterocycles. The molecule has 1 aromatic rings. The Morgan fingerprint density at radius 3 is 2.81 bits per heavy atom. The number of nitrogen functional groups attached to an aromatic ring is 1. The van der Waals surface area contributed by atoms with Crippen LogP contribution < -0.4 is 16.4 Å². The fourth-order valence-electron chi connectivity index (χ4n) is 1.76. The first kappa shape index (κ1) is 17.0. The van der Waals surface area contributed by atoms with Crippen LogP contribution in [0.15, 0.2) is 0 Å². The van der Waals surface area contributed by atoms with Crippen LogP contribution in [0.2, 0.25) is 0 Å². The number of carbonyl (C=O) groups is 2. The molecule has 8 nitrogen and oxygen atoms in total. The zero-order chi connectivity index (χ0) is 15.8. The van der Waals surface area contributed by atoms with Crippen LogP contribution >= 0.6 is 0 Å². The molecule has 0 fully saturated rings. The molecule has 0 bridgehead atoms. The number of nitrogens with zero attached hydrogens (tertiary/aromatic N) is 1. The Morgan fingerprint density at radius 2 is 2.19 bits per heavy atom. The van der Waals surface area contributed by atoms with Crippen LogP contribution in [0.5, 0.6) is 0 Å². The van der Waals surface area contributed by atoms with Crippen LogP contribution in [0.3, 0.4) is 0 Å². The molecule has 8 heteroatoms. The third kappa shape index (κ3) is 4.75. The highest BCUT2D eigenvalue weighted by atomic mass is 16.5. The molecule has 21 heavy (non-hydrogen) atoms. The van der Waals surface area contributed by atoms with Gasteiger partial charge in [0, 0.05) is 13.7 Å². The van der Waals surface area contributed by atoms with Crippen LogP contribution in [0.4, 0.5) is 5.69 Å². The lowest BCUT2D eigenvalue weighted by atomic mass is 10.2. The van der Waals surface area contributed by atoms with Gasteiger partial charge in [0.2, 0.25) is 5.91 Å². The second kappa shape index (κ2) is 8.25. The number of aromatic amines is 1. The number of aryl methyl sites for hydroxylation is 1. The molecular weight excluding hydrogens is 274 g/mol. The zero-order valence-corrected chi connectivity index (χ0v) is 12.7. The second-order valence-electron chi connectivity index (χ2n) is 4.69. The van der Waals surface area contributed by atoms with Gasteiger partial charge in [-0.25, -0.2) is 0 Å². The van der Waals surface area contributed by atoms with Crippen LogP contribution in [0.1, 0.15) is 36.5 Å². The molecule has 1 rings (SSSR count). The van der Waals surface area contributed by atoms with Gasteiger partial charge < -0.3 is 21.1 Å². The predicted octanol–water partition coefficient (Wildman–Crippen LogP) is -0.175. The number of nitrogens with one attached hydrogen (secondary N) is 3. The fourth-order valence-corrected chi connectivity index (χ4v) is 1.76.